The number of hydrogen-bond acceptors (Lipinski definition) is 5. The molecule has 1 aromatic carbocycles. The highest BCUT2D eigenvalue weighted by Crippen LogP contribution is 2.17. The van der Waals surface area contributed by atoms with Gasteiger partial charge in [0.15, 0.2) is 21.3 Å². The van der Waals surface area contributed by atoms with E-state index in [1.165, 1.54) is 24.7 Å². The van der Waals surface area contributed by atoms with E-state index in [0.29, 0.717) is 5.69 Å². The first-order valence-electron chi connectivity index (χ1n) is 7.60. The van der Waals surface area contributed by atoms with Crippen LogP contribution in [0.3, 0.4) is 0 Å². The molecule has 0 aliphatic carbocycles. The first kappa shape index (κ1) is 18.7. The van der Waals surface area contributed by atoms with E-state index in [-0.39, 0.29) is 22.8 Å². The Labute approximate surface area is 145 Å². The number of carbonyl (C=O) groups is 1. The predicted molar refractivity (Wildman–Crippen MR) is 93.7 cm³/mol. The number of benzene rings is 1. The zero-order valence-electron chi connectivity index (χ0n) is 14.2. The Morgan fingerprint density at radius 3 is 2.56 bits per heavy atom. The van der Waals surface area contributed by atoms with Crippen LogP contribution in [0.15, 0.2) is 40.0 Å². The van der Waals surface area contributed by atoms with Crippen molar-refractivity contribution in [2.75, 3.05) is 12.8 Å². The lowest BCUT2D eigenvalue weighted by molar-refractivity contribution is 0.0950. The summed E-state index contributed by atoms with van der Waals surface area (Å²) in [5, 5.41) is 12.2. The maximum absolute atomic E-state index is 12.5. The number of pyridine rings is 1. The van der Waals surface area contributed by atoms with Crippen LogP contribution in [0.2, 0.25) is 0 Å². The van der Waals surface area contributed by atoms with Crippen molar-refractivity contribution < 1.29 is 18.3 Å². The van der Waals surface area contributed by atoms with Gasteiger partial charge in [0.25, 0.3) is 5.91 Å². The lowest BCUT2D eigenvalue weighted by Crippen LogP contribution is -2.27. The van der Waals surface area contributed by atoms with E-state index in [1.807, 2.05) is 0 Å². The van der Waals surface area contributed by atoms with E-state index >= 15 is 0 Å². The first-order chi connectivity index (χ1) is 11.7. The number of rotatable bonds is 5. The molecule has 0 unspecified atom stereocenters. The number of nitrogens with one attached hydrogen (secondary N) is 1. The van der Waals surface area contributed by atoms with Gasteiger partial charge in [-0.15, -0.1) is 0 Å². The minimum atomic E-state index is -3.54. The second kappa shape index (κ2) is 7.10. The second-order valence-electron chi connectivity index (χ2n) is 5.72. The summed E-state index contributed by atoms with van der Waals surface area (Å²) >= 11 is 0. The Kier molecular flexibility index (Phi) is 5.32. The molecule has 0 atom stereocenters. The van der Waals surface area contributed by atoms with Gasteiger partial charge >= 0.3 is 0 Å². The van der Waals surface area contributed by atoms with Gasteiger partial charge in [0.2, 0.25) is 5.43 Å². The highest BCUT2D eigenvalue weighted by Gasteiger charge is 2.20. The summed E-state index contributed by atoms with van der Waals surface area (Å²) in [5.74, 6) is -1.51. The van der Waals surface area contributed by atoms with Crippen molar-refractivity contribution in [3.05, 3.63) is 57.5 Å². The Balaban J connectivity index is 2.37. The predicted octanol–water partition coefficient (Wildman–Crippen LogP) is 0.775. The molecule has 2 rings (SSSR count). The normalized spacial score (nSPS) is 11.3. The molecule has 2 N–H and O–H groups in total. The number of amides is 1. The maximum Gasteiger partial charge on any atom is 0.271 e. The van der Waals surface area contributed by atoms with Crippen LogP contribution < -0.4 is 10.7 Å². The molecule has 0 saturated heterocycles. The lowest BCUT2D eigenvalue weighted by atomic mass is 10.2. The molecule has 8 heteroatoms. The third-order valence-electron chi connectivity index (χ3n) is 3.94. The number of hydrogen-bond donors (Lipinski definition) is 2. The van der Waals surface area contributed by atoms with Gasteiger partial charge in [-0.3, -0.25) is 9.59 Å². The van der Waals surface area contributed by atoms with Crippen LogP contribution in [0.25, 0.3) is 0 Å². The molecule has 1 aromatic heterocycles. The molecule has 0 aliphatic heterocycles. The summed E-state index contributed by atoms with van der Waals surface area (Å²) < 4.78 is 26.3. The van der Waals surface area contributed by atoms with Crippen LogP contribution in [-0.2, 0) is 23.3 Å². The molecule has 0 aliphatic rings. The maximum atomic E-state index is 12.5. The molecule has 2 aromatic rings. The van der Waals surface area contributed by atoms with Crippen molar-refractivity contribution in [2.24, 2.45) is 7.05 Å². The standard InChI is InChI=1S/C17H20N2O5S/c1-11-5-4-6-13(9-11)25(23,24)8-7-12-10-14(20)16(21)15(19(12)3)17(22)18-2/h4-6,9-10,21H,7-8H2,1-3H3,(H,18,22). The van der Waals surface area contributed by atoms with Crippen molar-refractivity contribution >= 4 is 15.7 Å². The van der Waals surface area contributed by atoms with Crippen LogP contribution in [0.5, 0.6) is 5.75 Å². The van der Waals surface area contributed by atoms with E-state index in [0.717, 1.165) is 11.6 Å². The number of nitrogens with zero attached hydrogens (tertiary/aromatic N) is 1. The van der Waals surface area contributed by atoms with Crippen molar-refractivity contribution in [3.63, 3.8) is 0 Å². The van der Waals surface area contributed by atoms with E-state index in [9.17, 15) is 23.1 Å². The molecule has 25 heavy (non-hydrogen) atoms. The zero-order chi connectivity index (χ0) is 18.8. The fraction of sp³-hybridized carbons (Fsp3) is 0.294. The number of aromatic nitrogens is 1. The number of carbonyl (C=O) groups excluding carboxylic acids is 1. The van der Waals surface area contributed by atoms with E-state index in [4.69, 9.17) is 0 Å². The van der Waals surface area contributed by atoms with E-state index in [1.54, 1.807) is 25.1 Å². The average Bonchev–Trinajstić information content (AvgIpc) is 2.57. The molecule has 1 heterocycles. The Morgan fingerprint density at radius 1 is 1.28 bits per heavy atom. The largest absolute Gasteiger partial charge is 0.503 e. The van der Waals surface area contributed by atoms with Crippen molar-refractivity contribution in [2.45, 2.75) is 18.2 Å². The molecule has 0 radical (unpaired) electrons. The molecule has 134 valence electrons. The Hall–Kier alpha value is -2.61. The zero-order valence-corrected chi connectivity index (χ0v) is 15.1. The van der Waals surface area contributed by atoms with Crippen molar-refractivity contribution in [3.8, 4) is 5.75 Å². The van der Waals surface area contributed by atoms with Crippen molar-refractivity contribution in [1.29, 1.82) is 0 Å². The van der Waals surface area contributed by atoms with Gasteiger partial charge in [0.1, 0.15) is 0 Å². The summed E-state index contributed by atoms with van der Waals surface area (Å²) in [4.78, 5) is 24.0. The van der Waals surface area contributed by atoms with Crippen LogP contribution >= 0.6 is 0 Å². The number of aryl methyl sites for hydroxylation is 2. The molecule has 0 fully saturated rings. The monoisotopic (exact) mass is 364 g/mol. The van der Waals surface area contributed by atoms with Gasteiger partial charge in [0, 0.05) is 32.3 Å². The van der Waals surface area contributed by atoms with E-state index in [2.05, 4.69) is 5.32 Å². The SMILES string of the molecule is CNC(=O)c1c(O)c(=O)cc(CCS(=O)(=O)c2cccc(C)c2)n1C. The average molecular weight is 364 g/mol. The fourth-order valence-electron chi connectivity index (χ4n) is 2.52. The third-order valence-corrected chi connectivity index (χ3v) is 5.65. The molecule has 0 bridgehead atoms. The Bertz CT molecular complexity index is 977. The van der Waals surface area contributed by atoms with Gasteiger partial charge in [-0.25, -0.2) is 8.42 Å². The van der Waals surface area contributed by atoms with Gasteiger partial charge in [0.05, 0.1) is 10.6 Å². The minimum Gasteiger partial charge on any atom is -0.503 e. The fourth-order valence-corrected chi connectivity index (χ4v) is 3.88. The highest BCUT2D eigenvalue weighted by molar-refractivity contribution is 7.91. The first-order valence-corrected chi connectivity index (χ1v) is 9.26. The smallest absolute Gasteiger partial charge is 0.271 e. The summed E-state index contributed by atoms with van der Waals surface area (Å²) in [5.41, 5.74) is 0.259. The second-order valence-corrected chi connectivity index (χ2v) is 7.83. The third kappa shape index (κ3) is 3.90. The highest BCUT2D eigenvalue weighted by atomic mass is 32.2. The molecule has 7 nitrogen and oxygen atoms in total. The van der Waals surface area contributed by atoms with Gasteiger partial charge < -0.3 is 15.0 Å². The summed E-state index contributed by atoms with van der Waals surface area (Å²) in [6, 6.07) is 7.73. The molecule has 1 amide bonds. The van der Waals surface area contributed by atoms with Crippen LogP contribution in [-0.4, -0.2) is 36.8 Å². The number of sulfone groups is 1. The van der Waals surface area contributed by atoms with E-state index < -0.39 is 26.9 Å². The quantitative estimate of drug-likeness (QED) is 0.815. The van der Waals surface area contributed by atoms with Crippen LogP contribution in [0.1, 0.15) is 21.7 Å². The lowest BCUT2D eigenvalue weighted by Gasteiger charge is -2.15. The molecule has 0 saturated carbocycles. The van der Waals surface area contributed by atoms with Gasteiger partial charge in [-0.2, -0.15) is 0 Å². The molecular formula is C17H20N2O5S. The topological polar surface area (TPSA) is 105 Å². The molecular weight excluding hydrogens is 344 g/mol. The summed E-state index contributed by atoms with van der Waals surface area (Å²) in [7, 11) is -0.663. The van der Waals surface area contributed by atoms with Gasteiger partial charge in [-0.1, -0.05) is 12.1 Å². The molecule has 0 spiro atoms. The number of aromatic hydroxyl groups is 1. The van der Waals surface area contributed by atoms with Crippen molar-refractivity contribution in [1.82, 2.24) is 9.88 Å². The van der Waals surface area contributed by atoms with Crippen LogP contribution in [0, 0.1) is 6.92 Å². The minimum absolute atomic E-state index is 0.0340. The van der Waals surface area contributed by atoms with Gasteiger partial charge in [-0.05, 0) is 24.6 Å². The Morgan fingerprint density at radius 2 is 1.96 bits per heavy atom. The van der Waals surface area contributed by atoms with Crippen LogP contribution in [0.4, 0.5) is 0 Å². The summed E-state index contributed by atoms with van der Waals surface area (Å²) in [6.45, 7) is 1.80. The summed E-state index contributed by atoms with van der Waals surface area (Å²) in [6.07, 6.45) is 0.0340.